The van der Waals surface area contributed by atoms with Gasteiger partial charge in [-0.2, -0.15) is 0 Å². The topological polar surface area (TPSA) is 72.2 Å². The Morgan fingerprint density at radius 1 is 1.47 bits per heavy atom. The molecule has 0 aliphatic rings. The number of thiophene rings is 1. The molecule has 0 radical (unpaired) electrons. The summed E-state index contributed by atoms with van der Waals surface area (Å²) in [7, 11) is -3.14. The van der Waals surface area contributed by atoms with Crippen LogP contribution in [0.25, 0.3) is 0 Å². The van der Waals surface area contributed by atoms with Gasteiger partial charge < -0.3 is 5.73 Å². The van der Waals surface area contributed by atoms with E-state index in [4.69, 9.17) is 5.73 Å². The van der Waals surface area contributed by atoms with Crippen LogP contribution in [0.15, 0.2) is 12.1 Å². The fourth-order valence-corrected chi connectivity index (χ4v) is 3.17. The molecule has 0 bridgehead atoms. The van der Waals surface area contributed by atoms with E-state index < -0.39 is 10.0 Å². The van der Waals surface area contributed by atoms with Crippen LogP contribution < -0.4 is 10.5 Å². The van der Waals surface area contributed by atoms with Gasteiger partial charge in [-0.05, 0) is 18.6 Å². The summed E-state index contributed by atoms with van der Waals surface area (Å²) in [5, 5.41) is 0. The number of sulfonamides is 1. The third-order valence-corrected chi connectivity index (χ3v) is 4.45. The lowest BCUT2D eigenvalue weighted by Crippen LogP contribution is -2.25. The van der Waals surface area contributed by atoms with E-state index in [9.17, 15) is 8.42 Å². The van der Waals surface area contributed by atoms with Crippen LogP contribution in [0.1, 0.15) is 23.1 Å². The molecule has 3 N–H and O–H groups in total. The highest BCUT2D eigenvalue weighted by Gasteiger charge is 2.08. The Hall–Kier alpha value is -0.870. The van der Waals surface area contributed by atoms with E-state index in [1.54, 1.807) is 0 Å². The molecule has 6 heteroatoms. The monoisotopic (exact) mass is 272 g/mol. The molecule has 1 rings (SSSR count). The molecule has 0 saturated heterocycles. The van der Waals surface area contributed by atoms with Gasteiger partial charge in [0.2, 0.25) is 10.0 Å². The van der Waals surface area contributed by atoms with Crippen LogP contribution in [0, 0.1) is 11.8 Å². The molecule has 0 aliphatic heterocycles. The van der Waals surface area contributed by atoms with Crippen molar-refractivity contribution in [1.29, 1.82) is 0 Å². The Morgan fingerprint density at radius 2 is 2.24 bits per heavy atom. The minimum absolute atomic E-state index is 0.165. The van der Waals surface area contributed by atoms with E-state index in [1.165, 1.54) is 11.3 Å². The molecule has 17 heavy (non-hydrogen) atoms. The van der Waals surface area contributed by atoms with Crippen molar-refractivity contribution in [2.75, 3.05) is 12.3 Å². The molecule has 0 spiro atoms. The summed E-state index contributed by atoms with van der Waals surface area (Å²) >= 11 is 1.48. The molecule has 0 amide bonds. The van der Waals surface area contributed by atoms with E-state index in [0.29, 0.717) is 19.5 Å². The maximum Gasteiger partial charge on any atom is 0.211 e. The highest BCUT2D eigenvalue weighted by atomic mass is 32.2. The molecule has 1 aromatic heterocycles. The van der Waals surface area contributed by atoms with Crippen LogP contribution >= 0.6 is 11.3 Å². The maximum absolute atomic E-state index is 11.4. The molecule has 1 aromatic rings. The maximum atomic E-state index is 11.4. The standard InChI is InChI=1S/C11H16N2O2S2/c1-2-8-17(14,15)13-9-11-6-5-10(16-11)4-3-7-12/h5-6,13H,2,7-9,12H2,1H3. The minimum Gasteiger partial charge on any atom is -0.320 e. The van der Waals surface area contributed by atoms with Gasteiger partial charge in [0.1, 0.15) is 0 Å². The van der Waals surface area contributed by atoms with Gasteiger partial charge in [-0.1, -0.05) is 18.8 Å². The average molecular weight is 272 g/mol. The predicted octanol–water partition coefficient (Wildman–Crippen LogP) is 0.888. The summed E-state index contributed by atoms with van der Waals surface area (Å²) in [5.41, 5.74) is 5.27. The molecule has 94 valence electrons. The summed E-state index contributed by atoms with van der Waals surface area (Å²) in [6.45, 7) is 2.50. The van der Waals surface area contributed by atoms with Crippen LogP contribution in [0.5, 0.6) is 0 Å². The zero-order chi connectivity index (χ0) is 12.7. The fourth-order valence-electron chi connectivity index (χ4n) is 1.20. The van der Waals surface area contributed by atoms with E-state index >= 15 is 0 Å². The van der Waals surface area contributed by atoms with Crippen molar-refractivity contribution < 1.29 is 8.42 Å². The van der Waals surface area contributed by atoms with Gasteiger partial charge in [-0.25, -0.2) is 13.1 Å². The van der Waals surface area contributed by atoms with Crippen molar-refractivity contribution in [3.63, 3.8) is 0 Å². The van der Waals surface area contributed by atoms with Gasteiger partial charge in [0.25, 0.3) is 0 Å². The van der Waals surface area contributed by atoms with Gasteiger partial charge in [0.15, 0.2) is 0 Å². The molecule has 0 aromatic carbocycles. The molecule has 0 aliphatic carbocycles. The summed E-state index contributed by atoms with van der Waals surface area (Å²) in [6.07, 6.45) is 0.618. The number of nitrogens with two attached hydrogens (primary N) is 1. The first-order chi connectivity index (χ1) is 8.07. The first-order valence-electron chi connectivity index (χ1n) is 5.32. The molecule has 4 nitrogen and oxygen atoms in total. The van der Waals surface area contributed by atoms with Gasteiger partial charge >= 0.3 is 0 Å². The van der Waals surface area contributed by atoms with Gasteiger partial charge in [0, 0.05) is 11.4 Å². The lowest BCUT2D eigenvalue weighted by Gasteiger charge is -2.02. The zero-order valence-electron chi connectivity index (χ0n) is 9.69. The summed E-state index contributed by atoms with van der Waals surface area (Å²) < 4.78 is 25.4. The van der Waals surface area contributed by atoms with Crippen LogP contribution in [0.3, 0.4) is 0 Å². The Bertz CT molecular complexity index is 509. The Morgan fingerprint density at radius 3 is 2.88 bits per heavy atom. The normalized spacial score (nSPS) is 10.9. The third-order valence-electron chi connectivity index (χ3n) is 1.91. The van der Waals surface area contributed by atoms with Crippen molar-refractivity contribution in [3.8, 4) is 11.8 Å². The SMILES string of the molecule is CCCS(=O)(=O)NCc1ccc(C#CCN)s1. The van der Waals surface area contributed by atoms with E-state index in [-0.39, 0.29) is 5.75 Å². The van der Waals surface area contributed by atoms with Gasteiger partial charge in [-0.3, -0.25) is 0 Å². The zero-order valence-corrected chi connectivity index (χ0v) is 11.3. The van der Waals surface area contributed by atoms with Crippen molar-refractivity contribution in [2.45, 2.75) is 19.9 Å². The van der Waals surface area contributed by atoms with E-state index in [0.717, 1.165) is 9.75 Å². The molecule has 0 fully saturated rings. The first kappa shape index (κ1) is 14.2. The quantitative estimate of drug-likeness (QED) is 0.782. The summed E-state index contributed by atoms with van der Waals surface area (Å²) in [6, 6.07) is 3.75. The van der Waals surface area contributed by atoms with Crippen molar-refractivity contribution in [1.82, 2.24) is 4.72 Å². The van der Waals surface area contributed by atoms with Crippen LogP contribution in [-0.4, -0.2) is 20.7 Å². The smallest absolute Gasteiger partial charge is 0.211 e. The number of nitrogens with one attached hydrogen (secondary N) is 1. The highest BCUT2D eigenvalue weighted by Crippen LogP contribution is 2.15. The Labute approximate surface area is 106 Å². The summed E-state index contributed by atoms with van der Waals surface area (Å²) in [5.74, 6) is 5.84. The first-order valence-corrected chi connectivity index (χ1v) is 7.79. The minimum atomic E-state index is -3.14. The third kappa shape index (κ3) is 5.33. The van der Waals surface area contributed by atoms with E-state index in [1.807, 2.05) is 19.1 Å². The van der Waals surface area contributed by atoms with Crippen LogP contribution in [0.4, 0.5) is 0 Å². The number of hydrogen-bond acceptors (Lipinski definition) is 4. The number of rotatable bonds is 5. The van der Waals surface area contributed by atoms with Gasteiger partial charge in [-0.15, -0.1) is 11.3 Å². The molecule has 0 saturated carbocycles. The number of hydrogen-bond donors (Lipinski definition) is 2. The predicted molar refractivity (Wildman–Crippen MR) is 71.2 cm³/mol. The van der Waals surface area contributed by atoms with Crippen molar-refractivity contribution in [3.05, 3.63) is 21.9 Å². The molecule has 0 atom stereocenters. The Kier molecular flexibility index (Phi) is 5.65. The second-order valence-corrected chi connectivity index (χ2v) is 6.51. The summed E-state index contributed by atoms with van der Waals surface area (Å²) in [4.78, 5) is 1.85. The highest BCUT2D eigenvalue weighted by molar-refractivity contribution is 7.89. The second-order valence-electron chi connectivity index (χ2n) is 3.41. The largest absolute Gasteiger partial charge is 0.320 e. The second kappa shape index (κ2) is 6.77. The van der Waals surface area contributed by atoms with Crippen molar-refractivity contribution >= 4 is 21.4 Å². The fraction of sp³-hybridized carbons (Fsp3) is 0.455. The Balaban J connectivity index is 2.56. The average Bonchev–Trinajstić information content (AvgIpc) is 2.72. The van der Waals surface area contributed by atoms with Crippen molar-refractivity contribution in [2.24, 2.45) is 5.73 Å². The lowest BCUT2D eigenvalue weighted by atomic mass is 10.4. The molecule has 1 heterocycles. The van der Waals surface area contributed by atoms with E-state index in [2.05, 4.69) is 16.6 Å². The van der Waals surface area contributed by atoms with Crippen LogP contribution in [-0.2, 0) is 16.6 Å². The van der Waals surface area contributed by atoms with Gasteiger partial charge in [0.05, 0.1) is 17.2 Å². The molecule has 0 unspecified atom stereocenters. The lowest BCUT2D eigenvalue weighted by molar-refractivity contribution is 0.580. The van der Waals surface area contributed by atoms with Crippen LogP contribution in [0.2, 0.25) is 0 Å². The molecular formula is C11H16N2O2S2. The molecular weight excluding hydrogens is 256 g/mol.